The molecule has 0 saturated carbocycles. The van der Waals surface area contributed by atoms with Crippen LogP contribution in [0, 0.1) is 0 Å². The zero-order chi connectivity index (χ0) is 20.1. The van der Waals surface area contributed by atoms with Crippen LogP contribution in [0.3, 0.4) is 0 Å². The van der Waals surface area contributed by atoms with Gasteiger partial charge in [-0.25, -0.2) is 9.97 Å². The van der Waals surface area contributed by atoms with Gasteiger partial charge in [-0.1, -0.05) is 35.9 Å². The molecule has 8 heteroatoms. The second-order valence-corrected chi connectivity index (χ2v) is 6.40. The number of anilines is 1. The lowest BCUT2D eigenvalue weighted by atomic mass is 10.1. The molecule has 0 aliphatic carbocycles. The molecule has 3 aromatic rings. The third kappa shape index (κ3) is 4.44. The highest BCUT2D eigenvalue weighted by molar-refractivity contribution is 6.30. The van der Waals surface area contributed by atoms with E-state index in [1.807, 2.05) is 12.1 Å². The van der Waals surface area contributed by atoms with E-state index >= 15 is 0 Å². The summed E-state index contributed by atoms with van der Waals surface area (Å²) >= 11 is 5.96. The lowest BCUT2D eigenvalue weighted by molar-refractivity contribution is 0.0945. The van der Waals surface area contributed by atoms with Crippen LogP contribution < -0.4 is 16.4 Å². The van der Waals surface area contributed by atoms with Crippen LogP contribution in [-0.4, -0.2) is 28.8 Å². The molecule has 0 saturated heterocycles. The molecule has 4 N–H and O–H groups in total. The lowest BCUT2D eigenvalue weighted by Crippen LogP contribution is -2.23. The Morgan fingerprint density at radius 2 is 1.89 bits per heavy atom. The number of nitrogens with one attached hydrogen (secondary N) is 2. The predicted octanol–water partition coefficient (Wildman–Crippen LogP) is 2.67. The largest absolute Gasteiger partial charge is 0.382 e. The molecule has 0 unspecified atom stereocenters. The van der Waals surface area contributed by atoms with Crippen LogP contribution in [0.2, 0.25) is 5.02 Å². The first-order valence-electron chi connectivity index (χ1n) is 8.45. The molecule has 0 atom stereocenters. The van der Waals surface area contributed by atoms with E-state index in [9.17, 15) is 9.59 Å². The standard InChI is InChI=1S/C20H18ClN5O2/c1-23-20(28)17-18(22)24-11-16(26-17)13-5-3-6-14(9-13)19(27)25-10-12-4-2-7-15(21)8-12/h2-9,11H,10H2,1H3,(H2,22,24)(H,23,28)(H,25,27). The van der Waals surface area contributed by atoms with Crippen molar-refractivity contribution in [3.63, 3.8) is 0 Å². The average Bonchev–Trinajstić information content (AvgIpc) is 2.72. The van der Waals surface area contributed by atoms with Crippen LogP contribution in [0.1, 0.15) is 26.4 Å². The van der Waals surface area contributed by atoms with Crippen molar-refractivity contribution < 1.29 is 9.59 Å². The first-order valence-corrected chi connectivity index (χ1v) is 8.83. The minimum Gasteiger partial charge on any atom is -0.382 e. The molecule has 2 amide bonds. The van der Waals surface area contributed by atoms with E-state index in [1.54, 1.807) is 36.4 Å². The van der Waals surface area contributed by atoms with Crippen molar-refractivity contribution in [2.75, 3.05) is 12.8 Å². The molecule has 0 radical (unpaired) electrons. The Balaban J connectivity index is 1.80. The van der Waals surface area contributed by atoms with E-state index in [1.165, 1.54) is 13.2 Å². The number of nitrogens with zero attached hydrogens (tertiary/aromatic N) is 2. The molecule has 0 fully saturated rings. The van der Waals surface area contributed by atoms with Gasteiger partial charge in [0.25, 0.3) is 11.8 Å². The highest BCUT2D eigenvalue weighted by Crippen LogP contribution is 2.20. The first kappa shape index (κ1) is 19.3. The molecule has 0 spiro atoms. The predicted molar refractivity (Wildman–Crippen MR) is 108 cm³/mol. The third-order valence-electron chi connectivity index (χ3n) is 4.01. The van der Waals surface area contributed by atoms with Gasteiger partial charge in [0.05, 0.1) is 11.9 Å². The number of nitrogen functional groups attached to an aromatic ring is 1. The highest BCUT2D eigenvalue weighted by atomic mass is 35.5. The van der Waals surface area contributed by atoms with Crippen LogP contribution in [0.5, 0.6) is 0 Å². The number of rotatable bonds is 5. The normalized spacial score (nSPS) is 10.4. The van der Waals surface area contributed by atoms with Crippen molar-refractivity contribution in [3.05, 3.63) is 76.6 Å². The average molecular weight is 396 g/mol. The molecular formula is C20H18ClN5O2. The van der Waals surface area contributed by atoms with E-state index in [-0.39, 0.29) is 17.4 Å². The number of benzene rings is 2. The summed E-state index contributed by atoms with van der Waals surface area (Å²) in [6.07, 6.45) is 1.46. The lowest BCUT2D eigenvalue weighted by Gasteiger charge is -2.09. The molecule has 1 aromatic heterocycles. The Morgan fingerprint density at radius 1 is 1.11 bits per heavy atom. The topological polar surface area (TPSA) is 110 Å². The quantitative estimate of drug-likeness (QED) is 0.615. The minimum absolute atomic E-state index is 0.0378. The molecule has 28 heavy (non-hydrogen) atoms. The minimum atomic E-state index is -0.428. The molecule has 3 rings (SSSR count). The van der Waals surface area contributed by atoms with Crippen LogP contribution in [-0.2, 0) is 6.54 Å². The Bertz CT molecular complexity index is 1040. The molecule has 0 bridgehead atoms. The van der Waals surface area contributed by atoms with Gasteiger partial charge in [-0.15, -0.1) is 0 Å². The van der Waals surface area contributed by atoms with Gasteiger partial charge in [0.15, 0.2) is 11.5 Å². The summed E-state index contributed by atoms with van der Waals surface area (Å²) in [5.41, 5.74) is 8.20. The molecule has 7 nitrogen and oxygen atoms in total. The Kier molecular flexibility index (Phi) is 5.86. The highest BCUT2D eigenvalue weighted by Gasteiger charge is 2.14. The summed E-state index contributed by atoms with van der Waals surface area (Å²) in [7, 11) is 1.49. The number of aromatic nitrogens is 2. The summed E-state index contributed by atoms with van der Waals surface area (Å²) in [6.45, 7) is 0.353. The maximum absolute atomic E-state index is 12.5. The van der Waals surface area contributed by atoms with Crippen molar-refractivity contribution in [3.8, 4) is 11.3 Å². The second kappa shape index (κ2) is 8.49. The van der Waals surface area contributed by atoms with Crippen LogP contribution in [0.15, 0.2) is 54.7 Å². The van der Waals surface area contributed by atoms with Crippen LogP contribution in [0.4, 0.5) is 5.82 Å². The van der Waals surface area contributed by atoms with E-state index in [0.717, 1.165) is 5.56 Å². The van der Waals surface area contributed by atoms with Gasteiger partial charge >= 0.3 is 0 Å². The number of hydrogen-bond donors (Lipinski definition) is 3. The number of carbonyl (C=O) groups is 2. The van der Waals surface area contributed by atoms with Gasteiger partial charge in [-0.05, 0) is 29.8 Å². The maximum Gasteiger partial charge on any atom is 0.273 e. The van der Waals surface area contributed by atoms with E-state index < -0.39 is 5.91 Å². The van der Waals surface area contributed by atoms with Gasteiger partial charge in [-0.2, -0.15) is 0 Å². The van der Waals surface area contributed by atoms with Crippen molar-refractivity contribution in [1.82, 2.24) is 20.6 Å². The summed E-state index contributed by atoms with van der Waals surface area (Å²) in [4.78, 5) is 32.7. The monoisotopic (exact) mass is 395 g/mol. The second-order valence-electron chi connectivity index (χ2n) is 5.96. The maximum atomic E-state index is 12.5. The first-order chi connectivity index (χ1) is 13.5. The zero-order valence-electron chi connectivity index (χ0n) is 15.1. The zero-order valence-corrected chi connectivity index (χ0v) is 15.8. The summed E-state index contributed by atoms with van der Waals surface area (Å²) < 4.78 is 0. The summed E-state index contributed by atoms with van der Waals surface area (Å²) in [5, 5.41) is 5.94. The van der Waals surface area contributed by atoms with Gasteiger partial charge in [-0.3, -0.25) is 9.59 Å². The third-order valence-corrected chi connectivity index (χ3v) is 4.24. The van der Waals surface area contributed by atoms with Gasteiger partial charge in [0.2, 0.25) is 0 Å². The van der Waals surface area contributed by atoms with Crippen LogP contribution >= 0.6 is 11.6 Å². The molecular weight excluding hydrogens is 378 g/mol. The fraction of sp³-hybridized carbons (Fsp3) is 0.100. The fourth-order valence-electron chi connectivity index (χ4n) is 2.57. The van der Waals surface area contributed by atoms with Gasteiger partial charge < -0.3 is 16.4 Å². The molecule has 0 aliphatic heterocycles. The van der Waals surface area contributed by atoms with Crippen molar-refractivity contribution >= 4 is 29.2 Å². The number of halogens is 1. The smallest absolute Gasteiger partial charge is 0.273 e. The fourth-order valence-corrected chi connectivity index (χ4v) is 2.79. The van der Waals surface area contributed by atoms with Crippen LogP contribution in [0.25, 0.3) is 11.3 Å². The number of amides is 2. The van der Waals surface area contributed by atoms with E-state index in [4.69, 9.17) is 17.3 Å². The number of nitrogens with two attached hydrogens (primary N) is 1. The summed E-state index contributed by atoms with van der Waals surface area (Å²) in [6, 6.07) is 14.2. The van der Waals surface area contributed by atoms with Gasteiger partial charge in [0, 0.05) is 29.7 Å². The molecule has 0 aliphatic rings. The molecule has 142 valence electrons. The Morgan fingerprint density at radius 3 is 2.64 bits per heavy atom. The number of carbonyl (C=O) groups excluding carboxylic acids is 2. The molecule has 1 heterocycles. The number of hydrogen-bond acceptors (Lipinski definition) is 5. The van der Waals surface area contributed by atoms with Crippen molar-refractivity contribution in [2.45, 2.75) is 6.54 Å². The van der Waals surface area contributed by atoms with Crippen molar-refractivity contribution in [1.29, 1.82) is 0 Å². The SMILES string of the molecule is CNC(=O)c1nc(-c2cccc(C(=O)NCc3cccc(Cl)c3)c2)cnc1N. The van der Waals surface area contributed by atoms with Crippen molar-refractivity contribution in [2.24, 2.45) is 0 Å². The summed E-state index contributed by atoms with van der Waals surface area (Å²) in [5.74, 6) is -0.627. The van der Waals surface area contributed by atoms with E-state index in [2.05, 4.69) is 20.6 Å². The Hall–Kier alpha value is -3.45. The Labute approximate surface area is 167 Å². The van der Waals surface area contributed by atoms with Gasteiger partial charge in [0.1, 0.15) is 0 Å². The molecule has 2 aromatic carbocycles. The van der Waals surface area contributed by atoms with E-state index in [0.29, 0.717) is 28.4 Å².